The molecule has 0 radical (unpaired) electrons. The summed E-state index contributed by atoms with van der Waals surface area (Å²) in [6.07, 6.45) is -31.4. The van der Waals surface area contributed by atoms with E-state index in [0.717, 1.165) is 79.7 Å². The van der Waals surface area contributed by atoms with Crippen molar-refractivity contribution in [1.82, 2.24) is 31.9 Å². The van der Waals surface area contributed by atoms with Gasteiger partial charge in [0.15, 0.2) is 40.9 Å². The molecule has 0 aromatic heterocycles. The number of nitrogens with two attached hydrogens (primary N) is 1. The molecule has 7 aromatic rings. The van der Waals surface area contributed by atoms with Gasteiger partial charge < -0.3 is 157 Å². The number of carbonyl (C=O) groups is 9. The molecular weight excluding hydrogens is 1750 g/mol. The molecule has 6 amide bonds. The van der Waals surface area contributed by atoms with Gasteiger partial charge in [-0.2, -0.15) is 9.59 Å². The van der Waals surface area contributed by atoms with Crippen LogP contribution in [0, 0.1) is 0 Å². The van der Waals surface area contributed by atoms with Crippen LogP contribution < -0.4 is 61.3 Å². The van der Waals surface area contributed by atoms with Crippen LogP contribution in [0.15, 0.2) is 115 Å². The van der Waals surface area contributed by atoms with Crippen LogP contribution in [0.2, 0.25) is 10.0 Å². The number of carboxylic acids is 1. The number of hydrogen-bond acceptors (Lipinski definition) is 35. The summed E-state index contributed by atoms with van der Waals surface area (Å²) < 4.78 is 57.4. The third-order valence-corrected chi connectivity index (χ3v) is 23.1. The number of halogens is 2. The third kappa shape index (κ3) is 20.7. The van der Waals surface area contributed by atoms with Crippen LogP contribution in [0.5, 0.6) is 69.0 Å². The molecule has 23 N–H and O–H groups in total. The van der Waals surface area contributed by atoms with Crippen molar-refractivity contribution in [2.24, 2.45) is 5.73 Å². The normalized spacial score (nSPS) is 28.6. The molecular formula is C85H87Cl2N7O35. The molecule has 3 fully saturated rings. The van der Waals surface area contributed by atoms with Crippen molar-refractivity contribution in [3.05, 3.63) is 164 Å². The van der Waals surface area contributed by atoms with E-state index in [4.69, 9.17) is 81.2 Å². The summed E-state index contributed by atoms with van der Waals surface area (Å²) in [6, 6.07) is 10.3. The Hall–Kier alpha value is -12.3. The summed E-state index contributed by atoms with van der Waals surface area (Å²) in [4.78, 5) is 151. The number of aliphatic carboxylic acids is 1. The number of fused-ring (bicyclic) bond motifs is 14. The van der Waals surface area contributed by atoms with Gasteiger partial charge in [-0.25, -0.2) is 0 Å². The van der Waals surface area contributed by atoms with Gasteiger partial charge >= 0.3 is 12.1 Å². The second-order valence-corrected chi connectivity index (χ2v) is 32.1. The first-order chi connectivity index (χ1) is 61.5. The average molecular weight is 1840 g/mol. The number of Topliss-reactive ketones (excluding diaryl/α,β-unsaturated/α-hetero) is 2. The van der Waals surface area contributed by atoms with Crippen molar-refractivity contribution in [1.29, 1.82) is 0 Å². The van der Waals surface area contributed by atoms with Crippen LogP contribution in [0.4, 0.5) is 0 Å². The average Bonchev–Trinajstić information content (AvgIpc) is 0.768. The minimum Gasteiger partial charge on any atom is -0.508 e. The molecule has 0 aliphatic carbocycles. The van der Waals surface area contributed by atoms with Crippen LogP contribution >= 0.6 is 23.2 Å². The van der Waals surface area contributed by atoms with E-state index in [1.54, 1.807) is 0 Å². The van der Waals surface area contributed by atoms with Crippen LogP contribution in [0.1, 0.15) is 108 Å². The summed E-state index contributed by atoms with van der Waals surface area (Å²) in [6.45, 7) is -2.79. The number of carboxylic acid groups (broad SMARTS) is 1. The van der Waals surface area contributed by atoms with Crippen molar-refractivity contribution in [2.75, 3.05) is 19.8 Å². The predicted molar refractivity (Wildman–Crippen MR) is 433 cm³/mol. The number of benzene rings is 7. The molecule has 42 nitrogen and oxygen atoms in total. The van der Waals surface area contributed by atoms with Crippen LogP contribution in [-0.2, 0) is 84.7 Å². The quantitative estimate of drug-likeness (QED) is 0.0634. The van der Waals surface area contributed by atoms with Gasteiger partial charge in [-0.1, -0.05) is 47.5 Å². The van der Waals surface area contributed by atoms with Gasteiger partial charge in [0.05, 0.1) is 47.7 Å². The second kappa shape index (κ2) is 40.2. The number of aliphatic hydroxyl groups excluding tert-OH is 10. The van der Waals surface area contributed by atoms with Crippen molar-refractivity contribution in [3.8, 4) is 80.1 Å². The fourth-order valence-electron chi connectivity index (χ4n) is 15.9. The Bertz CT molecular complexity index is 5510. The fourth-order valence-corrected chi connectivity index (χ4v) is 16.4. The number of aliphatic hydroxyl groups is 10. The molecule has 0 spiro atoms. The summed E-state index contributed by atoms with van der Waals surface area (Å²) in [5, 5.41) is 183. The highest BCUT2D eigenvalue weighted by Crippen LogP contribution is 2.51. The first-order valence-electron chi connectivity index (χ1n) is 39.9. The van der Waals surface area contributed by atoms with Gasteiger partial charge in [0.1, 0.15) is 138 Å². The summed E-state index contributed by atoms with van der Waals surface area (Å²) in [5.41, 5.74) is 4.71. The fraction of sp³-hybridized carbons (Fsp3) is 0.388. The molecule has 44 heteroatoms. The molecule has 9 aliphatic heterocycles. The second-order valence-electron chi connectivity index (χ2n) is 31.2. The summed E-state index contributed by atoms with van der Waals surface area (Å²) in [5.74, 6) is -20.6. The van der Waals surface area contributed by atoms with E-state index in [-0.39, 0.29) is 79.4 Å². The highest BCUT2D eigenvalue weighted by Gasteiger charge is 2.52. The molecule has 129 heavy (non-hydrogen) atoms. The molecule has 22 atom stereocenters. The highest BCUT2D eigenvalue weighted by molar-refractivity contribution is 6.32. The van der Waals surface area contributed by atoms with Gasteiger partial charge in [0, 0.05) is 62.4 Å². The van der Waals surface area contributed by atoms with Crippen molar-refractivity contribution < 1.29 is 172 Å². The van der Waals surface area contributed by atoms with Crippen LogP contribution in [-0.4, -0.2) is 260 Å². The standard InChI is InChI=1S/C84H87Cl2N7O33.CO2/c1-31(97)89-66-72(110)69(107)58(28-94)122-82(66)125-76-35-8-12-53(46(86)19-35)120-57-22-37-21-56(77(57)126-83-67(73(111)70(108)59(29-95)123-83)91-61(104)3-2-4-62(105)106)119-52-11-5-32(13-45(52)85)14-47-50(102)25-43(36-15-39(98)23-41(17-36)118-54-20-34(7-10-49(54)101)64(87)80(116)90-47)79(115)92-65(37)51(103)26-42-33-6-9-48(100)44(18-33)63-38(27-88-81(117)68(76)93-78(42)114)16-40(99)24-55(63)121-84-75(113)74(112)71(109)60(30-96)124-84;2-1-3/h5-13,15-24,42-43,47,58-60,64-76,82-84,94-96,98-101,107-113H,2-4,14,25-30,87H2,1H3,(H,88,117)(H,89,97)(H,90,116)(H,91,104)(H,92,115)(H,93,114)(H,105,106);/t42-,43+,47-,58?,59?,60?,64-,65-,66?,67?,68+,69-,70-,71-,72-,73-,74?,75-,76-,82+,83+,84+;/m1./s1. The lowest BCUT2D eigenvalue weighted by atomic mass is 9.85. The van der Waals surface area contributed by atoms with Gasteiger partial charge in [0.2, 0.25) is 53.8 Å². The van der Waals surface area contributed by atoms with E-state index in [0.29, 0.717) is 0 Å². The lowest BCUT2D eigenvalue weighted by Gasteiger charge is -2.44. The monoisotopic (exact) mass is 1840 g/mol. The molecule has 9 aliphatic rings. The molecule has 16 rings (SSSR count). The molecule has 0 saturated carbocycles. The number of ketones is 2. The first-order valence-corrected chi connectivity index (χ1v) is 40.7. The number of nitrogens with one attached hydrogen (secondary N) is 6. The minimum atomic E-state index is -2.34. The maximum atomic E-state index is 17.0. The Morgan fingerprint density at radius 2 is 1.10 bits per heavy atom. The SMILES string of the molecule is CC(=O)NC1[C@H](O[C@@H]2c3ccc(c(Cl)c3)Oc3cc4cc(c3O[C@@H]3OC(CO)[C@@H](O)[C@H](O)C3NC(=O)CCCC(=O)O)Oc3ccc(cc3Cl)C[C@H]3NC(=O)[C@H](N)c5ccc(O)c(c5)Oc5cc(O)cc(c5)[C@H](CC3=O)C(=O)N[C@H]4C(=O)C[C@H]3C(=O)N[C@@H]2C(=O)NCc2cc(O)cc(O[C@H]4OC(CO)[C@@H](O)C(O)[C@H]4O)c2-c2cc3ccc2O)OC(CO)[C@@H](O)[C@@H]1O.O=C=O. The van der Waals surface area contributed by atoms with Gasteiger partial charge in [0.25, 0.3) is 0 Å². The maximum Gasteiger partial charge on any atom is 0.373 e. The number of hydrogen-bond donors (Lipinski definition) is 22. The van der Waals surface area contributed by atoms with E-state index in [2.05, 4.69) is 31.9 Å². The Morgan fingerprint density at radius 3 is 1.74 bits per heavy atom. The topological polar surface area (TPSA) is 672 Å². The molecule has 6 unspecified atom stereocenters. The summed E-state index contributed by atoms with van der Waals surface area (Å²) >= 11 is 14.7. The van der Waals surface area contributed by atoms with Gasteiger partial charge in [-0.15, -0.1) is 0 Å². The molecule has 686 valence electrons. The number of phenolic OH excluding ortho intramolecular Hbond substituents is 4. The first kappa shape index (κ1) is 94.3. The largest absolute Gasteiger partial charge is 0.508 e. The predicted octanol–water partition coefficient (Wildman–Crippen LogP) is -0.160. The summed E-state index contributed by atoms with van der Waals surface area (Å²) in [7, 11) is 0. The zero-order chi connectivity index (χ0) is 93.0. The Balaban J connectivity index is 0.00000467. The number of ether oxygens (including phenoxy) is 9. The van der Waals surface area contributed by atoms with E-state index < -0.39 is 308 Å². The zero-order valence-corrected chi connectivity index (χ0v) is 69.0. The number of amides is 6. The van der Waals surface area contributed by atoms with E-state index in [1.165, 1.54) is 42.5 Å². The highest BCUT2D eigenvalue weighted by atomic mass is 35.5. The molecule has 17 bridgehead atoms. The molecule has 3 saturated heterocycles. The van der Waals surface area contributed by atoms with Crippen molar-refractivity contribution in [2.45, 2.75) is 186 Å². The zero-order valence-electron chi connectivity index (χ0n) is 67.4. The maximum absolute atomic E-state index is 17.0. The Labute approximate surface area is 738 Å². The third-order valence-electron chi connectivity index (χ3n) is 22.5. The number of carbonyl (C=O) groups excluding carboxylic acids is 10. The lowest BCUT2D eigenvalue weighted by molar-refractivity contribution is -0.284. The van der Waals surface area contributed by atoms with Crippen molar-refractivity contribution >= 4 is 82.3 Å². The smallest absolute Gasteiger partial charge is 0.373 e. The van der Waals surface area contributed by atoms with Crippen LogP contribution in [0.3, 0.4) is 0 Å². The number of phenols is 4. The van der Waals surface area contributed by atoms with E-state index in [1.807, 2.05) is 0 Å². The van der Waals surface area contributed by atoms with E-state index >= 15 is 24.0 Å². The number of aromatic hydroxyl groups is 4. The van der Waals surface area contributed by atoms with Gasteiger partial charge in [-0.3, -0.25) is 43.2 Å². The van der Waals surface area contributed by atoms with Crippen molar-refractivity contribution in [3.63, 3.8) is 0 Å². The minimum absolute atomic E-state index is 0.0538. The lowest BCUT2D eigenvalue weighted by Crippen LogP contribution is -2.65. The van der Waals surface area contributed by atoms with Gasteiger partial charge in [-0.05, 0) is 131 Å². The Kier molecular flexibility index (Phi) is 29.4. The molecule has 7 aromatic carbocycles. The van der Waals surface area contributed by atoms with Crippen LogP contribution in [0.25, 0.3) is 11.1 Å². The Morgan fingerprint density at radius 1 is 0.527 bits per heavy atom. The molecule has 9 heterocycles. The number of rotatable bonds is 15. The van der Waals surface area contributed by atoms with E-state index in [9.17, 15) is 95.8 Å².